The van der Waals surface area contributed by atoms with E-state index in [1.807, 2.05) is 0 Å². The molecule has 1 fully saturated rings. The zero-order chi connectivity index (χ0) is 14.0. The lowest BCUT2D eigenvalue weighted by atomic mass is 9.82. The van der Waals surface area contributed by atoms with Crippen LogP contribution in [0.25, 0.3) is 0 Å². The maximum Gasteiger partial charge on any atom is 0.123 e. The lowest BCUT2D eigenvalue weighted by molar-refractivity contribution is -0.125. The summed E-state index contributed by atoms with van der Waals surface area (Å²) in [5.41, 5.74) is -0.674. The predicted octanol–water partition coefficient (Wildman–Crippen LogP) is 1.74. The smallest absolute Gasteiger partial charge is 0.123 e. The number of likely N-dealkylation sites (tertiary alicyclic amines) is 1. The van der Waals surface area contributed by atoms with Gasteiger partial charge in [0.15, 0.2) is 0 Å². The molecule has 1 aliphatic rings. The molecule has 1 aliphatic heterocycles. The van der Waals surface area contributed by atoms with E-state index < -0.39 is 11.7 Å². The number of rotatable bonds is 3. The highest BCUT2D eigenvalue weighted by molar-refractivity contribution is 5.25. The van der Waals surface area contributed by atoms with Gasteiger partial charge in [-0.1, -0.05) is 26.0 Å². The zero-order valence-electron chi connectivity index (χ0n) is 11.5. The average molecular weight is 267 g/mol. The fraction of sp³-hybridized carbons (Fsp3) is 0.600. The van der Waals surface area contributed by atoms with Gasteiger partial charge < -0.3 is 15.1 Å². The second-order valence-electron chi connectivity index (χ2n) is 5.85. The van der Waals surface area contributed by atoms with Gasteiger partial charge >= 0.3 is 0 Å². The first-order valence-electron chi connectivity index (χ1n) is 6.80. The van der Waals surface area contributed by atoms with E-state index in [1.165, 1.54) is 12.1 Å². The van der Waals surface area contributed by atoms with Gasteiger partial charge in [0.1, 0.15) is 11.4 Å². The number of halogens is 1. The van der Waals surface area contributed by atoms with Crippen molar-refractivity contribution in [1.29, 1.82) is 0 Å². The van der Waals surface area contributed by atoms with Gasteiger partial charge in [-0.15, -0.1) is 0 Å². The first kappa shape index (κ1) is 14.4. The molecule has 0 saturated carbocycles. The van der Waals surface area contributed by atoms with Gasteiger partial charge in [-0.2, -0.15) is 0 Å². The molecule has 0 spiro atoms. The Hall–Kier alpha value is -0.970. The molecular formula is C15H22FNO2. The fourth-order valence-corrected chi connectivity index (χ4v) is 2.74. The minimum Gasteiger partial charge on any atom is -0.388 e. The Morgan fingerprint density at radius 2 is 2.00 bits per heavy atom. The van der Waals surface area contributed by atoms with E-state index in [0.29, 0.717) is 24.4 Å². The van der Waals surface area contributed by atoms with Crippen LogP contribution in [0.15, 0.2) is 24.3 Å². The molecule has 1 saturated heterocycles. The Morgan fingerprint density at radius 1 is 1.37 bits per heavy atom. The summed E-state index contributed by atoms with van der Waals surface area (Å²) in [6.07, 6.45) is -0.377. The largest absolute Gasteiger partial charge is 0.388 e. The second kappa shape index (κ2) is 5.57. The quantitative estimate of drug-likeness (QED) is 0.876. The minimum absolute atomic E-state index is 0.334. The topological polar surface area (TPSA) is 43.7 Å². The van der Waals surface area contributed by atoms with Crippen molar-refractivity contribution in [3.63, 3.8) is 0 Å². The molecule has 0 amide bonds. The number of hydrogen-bond acceptors (Lipinski definition) is 3. The van der Waals surface area contributed by atoms with Crippen molar-refractivity contribution < 1.29 is 14.6 Å². The third-order valence-corrected chi connectivity index (χ3v) is 3.76. The maximum atomic E-state index is 12.9. The Morgan fingerprint density at radius 3 is 2.53 bits per heavy atom. The Bertz CT molecular complexity index is 421. The highest BCUT2D eigenvalue weighted by Gasteiger charge is 2.41. The molecular weight excluding hydrogens is 245 g/mol. The van der Waals surface area contributed by atoms with Crippen LogP contribution in [0.1, 0.15) is 25.8 Å². The van der Waals surface area contributed by atoms with Crippen molar-refractivity contribution in [3.8, 4) is 0 Å². The number of β-amino-alcohol motifs (C(OH)–C–C–N with tert-alkyl or cyclic N) is 1. The van der Waals surface area contributed by atoms with Gasteiger partial charge in [-0.05, 0) is 30.0 Å². The van der Waals surface area contributed by atoms with E-state index in [9.17, 15) is 14.6 Å². The lowest BCUT2D eigenvalue weighted by Gasteiger charge is -2.43. The van der Waals surface area contributed by atoms with Crippen LogP contribution in [0.3, 0.4) is 0 Å². The standard InChI is InChI=1S/C15H22FNO2/c1-11(2)9-17-8-7-15(19,14(18)10-17)12-3-5-13(16)6-4-12/h3-6,11,14,18-19H,7-10H2,1-2H3. The maximum absolute atomic E-state index is 12.9. The molecule has 19 heavy (non-hydrogen) atoms. The molecule has 2 N–H and O–H groups in total. The van der Waals surface area contributed by atoms with Crippen LogP contribution in [0.5, 0.6) is 0 Å². The van der Waals surface area contributed by atoms with E-state index in [-0.39, 0.29) is 5.82 Å². The summed E-state index contributed by atoms with van der Waals surface area (Å²) >= 11 is 0. The first-order valence-corrected chi connectivity index (χ1v) is 6.80. The summed E-state index contributed by atoms with van der Waals surface area (Å²) in [5.74, 6) is 0.197. The zero-order valence-corrected chi connectivity index (χ0v) is 11.5. The van der Waals surface area contributed by atoms with Crippen LogP contribution < -0.4 is 0 Å². The lowest BCUT2D eigenvalue weighted by Crippen LogP contribution is -2.54. The minimum atomic E-state index is -1.26. The summed E-state index contributed by atoms with van der Waals surface area (Å²) in [6.45, 7) is 6.37. The van der Waals surface area contributed by atoms with Crippen molar-refractivity contribution in [3.05, 3.63) is 35.6 Å². The number of benzene rings is 1. The first-order chi connectivity index (χ1) is 8.91. The summed E-state index contributed by atoms with van der Waals surface area (Å²) < 4.78 is 12.9. The van der Waals surface area contributed by atoms with Crippen LogP contribution in [0.4, 0.5) is 4.39 Å². The van der Waals surface area contributed by atoms with Gasteiger partial charge in [0.05, 0.1) is 6.10 Å². The molecule has 0 aromatic heterocycles. The number of nitrogens with zero attached hydrogens (tertiary/aromatic N) is 1. The third kappa shape index (κ3) is 3.14. The molecule has 2 atom stereocenters. The third-order valence-electron chi connectivity index (χ3n) is 3.76. The Labute approximate surface area is 113 Å². The van der Waals surface area contributed by atoms with E-state index >= 15 is 0 Å². The molecule has 0 aliphatic carbocycles. The number of aliphatic hydroxyl groups excluding tert-OH is 1. The van der Waals surface area contributed by atoms with Crippen LogP contribution in [0, 0.1) is 11.7 Å². The molecule has 0 bridgehead atoms. The molecule has 3 nitrogen and oxygen atoms in total. The second-order valence-corrected chi connectivity index (χ2v) is 5.85. The number of hydrogen-bond donors (Lipinski definition) is 2. The van der Waals surface area contributed by atoms with Crippen molar-refractivity contribution in [2.24, 2.45) is 5.92 Å². The van der Waals surface area contributed by atoms with Crippen LogP contribution in [0.2, 0.25) is 0 Å². The fourth-order valence-electron chi connectivity index (χ4n) is 2.74. The van der Waals surface area contributed by atoms with Gasteiger partial charge in [-0.3, -0.25) is 0 Å². The monoisotopic (exact) mass is 267 g/mol. The number of aliphatic hydroxyl groups is 2. The summed E-state index contributed by atoms with van der Waals surface area (Å²) in [4.78, 5) is 2.16. The van der Waals surface area contributed by atoms with Crippen molar-refractivity contribution >= 4 is 0 Å². The molecule has 1 aromatic rings. The SMILES string of the molecule is CC(C)CN1CCC(O)(c2ccc(F)cc2)C(O)C1. The van der Waals surface area contributed by atoms with E-state index in [4.69, 9.17) is 0 Å². The highest BCUT2D eigenvalue weighted by atomic mass is 19.1. The molecule has 1 heterocycles. The summed E-state index contributed by atoms with van der Waals surface area (Å²) in [7, 11) is 0. The summed E-state index contributed by atoms with van der Waals surface area (Å²) in [5, 5.41) is 20.9. The molecule has 0 radical (unpaired) electrons. The summed E-state index contributed by atoms with van der Waals surface area (Å²) in [6, 6.07) is 5.74. The van der Waals surface area contributed by atoms with Crippen LogP contribution in [-0.2, 0) is 5.60 Å². The van der Waals surface area contributed by atoms with Crippen molar-refractivity contribution in [2.75, 3.05) is 19.6 Å². The van der Waals surface area contributed by atoms with Crippen LogP contribution >= 0.6 is 0 Å². The van der Waals surface area contributed by atoms with E-state index in [1.54, 1.807) is 12.1 Å². The Balaban J connectivity index is 2.11. The van der Waals surface area contributed by atoms with E-state index in [2.05, 4.69) is 18.7 Å². The van der Waals surface area contributed by atoms with Crippen molar-refractivity contribution in [2.45, 2.75) is 32.0 Å². The molecule has 2 unspecified atom stereocenters. The van der Waals surface area contributed by atoms with Gasteiger partial charge in [-0.25, -0.2) is 4.39 Å². The van der Waals surface area contributed by atoms with Crippen molar-refractivity contribution in [1.82, 2.24) is 4.90 Å². The van der Waals surface area contributed by atoms with Gasteiger partial charge in [0, 0.05) is 19.6 Å². The molecule has 1 aromatic carbocycles. The molecule has 2 rings (SSSR count). The van der Waals surface area contributed by atoms with E-state index in [0.717, 1.165) is 13.1 Å². The highest BCUT2D eigenvalue weighted by Crippen LogP contribution is 2.33. The average Bonchev–Trinajstić information content (AvgIpc) is 2.34. The Kier molecular flexibility index (Phi) is 4.23. The van der Waals surface area contributed by atoms with Gasteiger partial charge in [0.25, 0.3) is 0 Å². The molecule has 106 valence electrons. The molecule has 4 heteroatoms. The van der Waals surface area contributed by atoms with Gasteiger partial charge in [0.2, 0.25) is 0 Å². The van der Waals surface area contributed by atoms with Crippen LogP contribution in [-0.4, -0.2) is 40.9 Å². The number of piperidine rings is 1. The normalized spacial score (nSPS) is 28.8. The predicted molar refractivity (Wildman–Crippen MR) is 72.2 cm³/mol.